The summed E-state index contributed by atoms with van der Waals surface area (Å²) in [6.07, 6.45) is -3.17. The van der Waals surface area contributed by atoms with Crippen LogP contribution in [0.1, 0.15) is 85.4 Å². The molecule has 0 spiro atoms. The Morgan fingerprint density at radius 3 is 2.26 bits per heavy atom. The standard InChI is InChI=1S/C29H32F3NO4S/c1-7-28(5,6)27(35)37-36-24-15-10-20(16-18(24)4)23(34)14-13-22-25(17(2)3)38-26(33-22)19-8-11-21(12-9-19)29(30,31)32/h8-12,15-17H,7,13-14H2,1-6H3. The Kier molecular flexibility index (Phi) is 9.02. The Morgan fingerprint density at radius 1 is 1.05 bits per heavy atom. The molecular formula is C29H32F3NO4S. The van der Waals surface area contributed by atoms with Gasteiger partial charge in [0, 0.05) is 22.4 Å². The van der Waals surface area contributed by atoms with Crippen LogP contribution in [0, 0.1) is 12.3 Å². The number of alkyl halides is 3. The predicted molar refractivity (Wildman–Crippen MR) is 141 cm³/mol. The lowest BCUT2D eigenvalue weighted by atomic mass is 9.91. The highest BCUT2D eigenvalue weighted by Crippen LogP contribution is 2.36. The second-order valence-corrected chi connectivity index (χ2v) is 11.2. The third-order valence-corrected chi connectivity index (χ3v) is 7.89. The van der Waals surface area contributed by atoms with E-state index in [1.165, 1.54) is 23.5 Å². The summed E-state index contributed by atoms with van der Waals surface area (Å²) in [5, 5.41) is 0.628. The smallest absolute Gasteiger partial charge is 0.294 e. The number of ketones is 1. The van der Waals surface area contributed by atoms with Crippen molar-refractivity contribution in [1.29, 1.82) is 0 Å². The molecule has 0 saturated carbocycles. The van der Waals surface area contributed by atoms with E-state index in [1.54, 1.807) is 39.0 Å². The molecule has 2 aromatic carbocycles. The summed E-state index contributed by atoms with van der Waals surface area (Å²) in [5.41, 5.74) is 1.16. The van der Waals surface area contributed by atoms with E-state index in [2.05, 4.69) is 4.98 Å². The van der Waals surface area contributed by atoms with Crippen LogP contribution < -0.4 is 4.89 Å². The second kappa shape index (κ2) is 11.7. The number of carbonyl (C=O) groups excluding carboxylic acids is 2. The van der Waals surface area contributed by atoms with Gasteiger partial charge in [0.05, 0.1) is 16.7 Å². The minimum absolute atomic E-state index is 0.0810. The normalized spacial score (nSPS) is 12.1. The summed E-state index contributed by atoms with van der Waals surface area (Å²) in [5.74, 6) is -0.0496. The van der Waals surface area contributed by atoms with Crippen LogP contribution in [0.15, 0.2) is 42.5 Å². The quantitative estimate of drug-likeness (QED) is 0.145. The van der Waals surface area contributed by atoms with Gasteiger partial charge >= 0.3 is 12.1 Å². The molecule has 0 saturated heterocycles. The lowest BCUT2D eigenvalue weighted by molar-refractivity contribution is -0.224. The predicted octanol–water partition coefficient (Wildman–Crippen LogP) is 8.35. The molecule has 3 aromatic rings. The average Bonchev–Trinajstić information content (AvgIpc) is 3.30. The summed E-state index contributed by atoms with van der Waals surface area (Å²) in [6.45, 7) is 11.2. The molecule has 9 heteroatoms. The van der Waals surface area contributed by atoms with Gasteiger partial charge in [0.15, 0.2) is 11.5 Å². The van der Waals surface area contributed by atoms with Crippen molar-refractivity contribution in [3.63, 3.8) is 0 Å². The Bertz CT molecular complexity index is 1290. The number of benzene rings is 2. The molecule has 5 nitrogen and oxygen atoms in total. The van der Waals surface area contributed by atoms with Crippen molar-refractivity contribution < 1.29 is 32.5 Å². The molecule has 0 atom stereocenters. The Hall–Kier alpha value is -3.20. The molecular weight excluding hydrogens is 515 g/mol. The fourth-order valence-electron chi connectivity index (χ4n) is 3.55. The van der Waals surface area contributed by atoms with Crippen molar-refractivity contribution in [2.24, 2.45) is 5.41 Å². The average molecular weight is 548 g/mol. The third-order valence-electron chi connectivity index (χ3n) is 6.44. The third kappa shape index (κ3) is 7.01. The molecule has 0 fully saturated rings. The zero-order chi connectivity index (χ0) is 28.3. The van der Waals surface area contributed by atoms with Crippen LogP contribution in [0.3, 0.4) is 0 Å². The van der Waals surface area contributed by atoms with Crippen molar-refractivity contribution in [2.45, 2.75) is 72.9 Å². The second-order valence-electron chi connectivity index (χ2n) is 10.2. The van der Waals surface area contributed by atoms with Crippen molar-refractivity contribution >= 4 is 23.1 Å². The highest BCUT2D eigenvalue weighted by molar-refractivity contribution is 7.15. The van der Waals surface area contributed by atoms with Gasteiger partial charge in [-0.25, -0.2) is 14.7 Å². The van der Waals surface area contributed by atoms with E-state index in [9.17, 15) is 22.8 Å². The molecule has 1 aromatic heterocycles. The number of Topliss-reactive ketones (excluding diaryl/α,β-unsaturated/α-hetero) is 1. The first-order chi connectivity index (χ1) is 17.7. The number of hydrogen-bond donors (Lipinski definition) is 0. The van der Waals surface area contributed by atoms with Crippen LogP contribution in [-0.2, 0) is 22.3 Å². The van der Waals surface area contributed by atoms with Crippen LogP contribution in [0.2, 0.25) is 0 Å². The summed E-state index contributed by atoms with van der Waals surface area (Å²) in [4.78, 5) is 41.0. The monoisotopic (exact) mass is 547 g/mol. The maximum absolute atomic E-state index is 13.0. The molecule has 0 amide bonds. The van der Waals surface area contributed by atoms with Gasteiger partial charge in [-0.2, -0.15) is 13.2 Å². The Labute approximate surface area is 224 Å². The van der Waals surface area contributed by atoms with Gasteiger partial charge in [-0.1, -0.05) is 32.9 Å². The first kappa shape index (κ1) is 29.4. The van der Waals surface area contributed by atoms with Gasteiger partial charge < -0.3 is 0 Å². The molecule has 38 heavy (non-hydrogen) atoms. The van der Waals surface area contributed by atoms with Crippen LogP contribution in [0.4, 0.5) is 13.2 Å². The van der Waals surface area contributed by atoms with Crippen molar-refractivity contribution in [1.82, 2.24) is 4.98 Å². The summed E-state index contributed by atoms with van der Waals surface area (Å²) < 4.78 is 38.7. The van der Waals surface area contributed by atoms with Gasteiger partial charge in [-0.15, -0.1) is 11.3 Å². The zero-order valence-corrected chi connectivity index (χ0v) is 23.2. The molecule has 1 heterocycles. The number of rotatable bonds is 10. The lowest BCUT2D eigenvalue weighted by Crippen LogP contribution is -2.27. The highest BCUT2D eigenvalue weighted by atomic mass is 32.1. The molecule has 3 rings (SSSR count). The lowest BCUT2D eigenvalue weighted by Gasteiger charge is -2.19. The Balaban J connectivity index is 1.69. The van der Waals surface area contributed by atoms with Gasteiger partial charge in [0.2, 0.25) is 0 Å². The molecule has 0 aliphatic rings. The minimum Gasteiger partial charge on any atom is -0.294 e. The SMILES string of the molecule is CCC(C)(C)C(=O)OOc1ccc(C(=O)CCc2nc(-c3ccc(C(F)(F)F)cc3)sc2C(C)C)cc1C. The zero-order valence-electron chi connectivity index (χ0n) is 22.4. The van der Waals surface area contributed by atoms with E-state index in [-0.39, 0.29) is 18.1 Å². The summed E-state index contributed by atoms with van der Waals surface area (Å²) >= 11 is 1.44. The molecule has 0 unspecified atom stereocenters. The summed E-state index contributed by atoms with van der Waals surface area (Å²) in [6, 6.07) is 9.86. The summed E-state index contributed by atoms with van der Waals surface area (Å²) in [7, 11) is 0. The Morgan fingerprint density at radius 2 is 1.71 bits per heavy atom. The molecule has 0 aliphatic heterocycles. The maximum atomic E-state index is 13.0. The van der Waals surface area contributed by atoms with Gasteiger partial charge in [0.25, 0.3) is 0 Å². The first-order valence-electron chi connectivity index (χ1n) is 12.4. The van der Waals surface area contributed by atoms with Crippen LogP contribution in [-0.4, -0.2) is 16.7 Å². The highest BCUT2D eigenvalue weighted by Gasteiger charge is 2.30. The largest absolute Gasteiger partial charge is 0.416 e. The number of aromatic nitrogens is 1. The van der Waals surface area contributed by atoms with Crippen LogP contribution in [0.25, 0.3) is 10.6 Å². The topological polar surface area (TPSA) is 65.5 Å². The number of nitrogens with zero attached hydrogens (tertiary/aromatic N) is 1. The molecule has 0 radical (unpaired) electrons. The van der Waals surface area contributed by atoms with E-state index < -0.39 is 23.1 Å². The van der Waals surface area contributed by atoms with E-state index >= 15 is 0 Å². The number of carbonyl (C=O) groups is 2. The number of halogens is 3. The van der Waals surface area contributed by atoms with E-state index in [0.717, 1.165) is 22.7 Å². The molecule has 0 aliphatic carbocycles. The van der Waals surface area contributed by atoms with Crippen molar-refractivity contribution in [3.8, 4) is 16.3 Å². The number of aryl methyl sites for hydroxylation is 2. The molecule has 204 valence electrons. The number of hydrogen-bond acceptors (Lipinski definition) is 6. The maximum Gasteiger partial charge on any atom is 0.416 e. The number of thiazole rings is 1. The van der Waals surface area contributed by atoms with E-state index in [1.807, 2.05) is 20.8 Å². The fourth-order valence-corrected chi connectivity index (χ4v) is 4.67. The van der Waals surface area contributed by atoms with Gasteiger partial charge in [-0.05, 0) is 75.4 Å². The van der Waals surface area contributed by atoms with Crippen LogP contribution >= 0.6 is 11.3 Å². The fraction of sp³-hybridized carbons (Fsp3) is 0.414. The van der Waals surface area contributed by atoms with E-state index in [0.29, 0.717) is 40.3 Å². The first-order valence-corrected chi connectivity index (χ1v) is 13.2. The van der Waals surface area contributed by atoms with Crippen LogP contribution in [0.5, 0.6) is 5.75 Å². The minimum atomic E-state index is -4.39. The van der Waals surface area contributed by atoms with Crippen molar-refractivity contribution in [2.75, 3.05) is 0 Å². The molecule has 0 N–H and O–H groups in total. The van der Waals surface area contributed by atoms with Gasteiger partial charge in [0.1, 0.15) is 5.01 Å². The van der Waals surface area contributed by atoms with Gasteiger partial charge in [-0.3, -0.25) is 9.68 Å². The van der Waals surface area contributed by atoms with Crippen molar-refractivity contribution in [3.05, 3.63) is 69.7 Å². The van der Waals surface area contributed by atoms with E-state index in [4.69, 9.17) is 9.78 Å². The molecule has 0 bridgehead atoms.